The van der Waals surface area contributed by atoms with Crippen LogP contribution < -0.4 is 0 Å². The maximum Gasteiger partial charge on any atom is 0.337 e. The number of ether oxygens (including phenoxy) is 1. The molecule has 0 saturated heterocycles. The number of rotatable bonds is 1. The number of esters is 1. The highest BCUT2D eigenvalue weighted by atomic mass is 19.1. The largest absolute Gasteiger partial charge is 0.465 e. The zero-order valence-electron chi connectivity index (χ0n) is 9.87. The first-order chi connectivity index (χ1) is 8.04. The molecule has 0 aliphatic rings. The Morgan fingerprint density at radius 1 is 1.24 bits per heavy atom. The van der Waals surface area contributed by atoms with Crippen LogP contribution in [0.1, 0.15) is 21.7 Å². The number of halogens is 1. The summed E-state index contributed by atoms with van der Waals surface area (Å²) in [7, 11) is 1.31. The van der Waals surface area contributed by atoms with Crippen LogP contribution in [0.3, 0.4) is 0 Å². The summed E-state index contributed by atoms with van der Waals surface area (Å²) in [5.74, 6) is -0.783. The average Bonchev–Trinajstić information content (AvgIpc) is 2.34. The molecule has 3 nitrogen and oxygen atoms in total. The normalized spacial score (nSPS) is 10.6. The van der Waals surface area contributed by atoms with Gasteiger partial charge in [0.15, 0.2) is 5.82 Å². The van der Waals surface area contributed by atoms with Crippen LogP contribution in [0.2, 0.25) is 0 Å². The molecule has 1 aromatic carbocycles. The van der Waals surface area contributed by atoms with Crippen LogP contribution in [0.15, 0.2) is 18.2 Å². The van der Waals surface area contributed by atoms with Crippen molar-refractivity contribution < 1.29 is 13.9 Å². The van der Waals surface area contributed by atoms with Crippen molar-refractivity contribution in [3.05, 3.63) is 41.0 Å². The van der Waals surface area contributed by atoms with Gasteiger partial charge in [-0.05, 0) is 26.0 Å². The minimum atomic E-state index is -0.438. The van der Waals surface area contributed by atoms with E-state index in [4.69, 9.17) is 0 Å². The van der Waals surface area contributed by atoms with Gasteiger partial charge < -0.3 is 4.74 Å². The molecule has 0 unspecified atom stereocenters. The Morgan fingerprint density at radius 2 is 1.94 bits per heavy atom. The molecule has 17 heavy (non-hydrogen) atoms. The molecule has 0 fully saturated rings. The first-order valence-electron chi connectivity index (χ1n) is 5.19. The number of carbonyl (C=O) groups is 1. The van der Waals surface area contributed by atoms with Crippen molar-refractivity contribution in [3.63, 3.8) is 0 Å². The Kier molecular flexibility index (Phi) is 2.79. The van der Waals surface area contributed by atoms with Crippen molar-refractivity contribution in [1.29, 1.82) is 0 Å². The van der Waals surface area contributed by atoms with Gasteiger partial charge in [0, 0.05) is 16.5 Å². The number of pyridine rings is 1. The quantitative estimate of drug-likeness (QED) is 0.711. The molecule has 0 aliphatic carbocycles. The average molecular weight is 233 g/mol. The van der Waals surface area contributed by atoms with Gasteiger partial charge in [-0.3, -0.25) is 4.98 Å². The highest BCUT2D eigenvalue weighted by Crippen LogP contribution is 2.23. The number of carbonyl (C=O) groups excluding carboxylic acids is 1. The van der Waals surface area contributed by atoms with Crippen molar-refractivity contribution in [1.82, 2.24) is 4.98 Å². The van der Waals surface area contributed by atoms with Crippen molar-refractivity contribution in [2.45, 2.75) is 13.8 Å². The fourth-order valence-electron chi connectivity index (χ4n) is 1.84. The molecule has 88 valence electrons. The Hall–Kier alpha value is -1.97. The molecule has 4 heteroatoms. The highest BCUT2D eigenvalue weighted by molar-refractivity contribution is 5.96. The Labute approximate surface area is 98.2 Å². The van der Waals surface area contributed by atoms with Crippen LogP contribution in [0.5, 0.6) is 0 Å². The van der Waals surface area contributed by atoms with Gasteiger partial charge in [0.2, 0.25) is 0 Å². The molecular weight excluding hydrogens is 221 g/mol. The number of benzene rings is 1. The fourth-order valence-corrected chi connectivity index (χ4v) is 1.84. The summed E-state index contributed by atoms with van der Waals surface area (Å²) in [5, 5.41) is 1.11. The molecule has 0 saturated carbocycles. The topological polar surface area (TPSA) is 39.2 Å². The summed E-state index contributed by atoms with van der Waals surface area (Å²) < 4.78 is 18.4. The van der Waals surface area contributed by atoms with Crippen molar-refractivity contribution in [3.8, 4) is 0 Å². The van der Waals surface area contributed by atoms with E-state index in [1.54, 1.807) is 32.0 Å². The van der Waals surface area contributed by atoms with Gasteiger partial charge in [-0.25, -0.2) is 9.18 Å². The van der Waals surface area contributed by atoms with E-state index >= 15 is 0 Å². The standard InChI is InChI=1S/C13H12FNO2/c1-7-11-6-9(13(16)17-3)4-5-10(11)12(14)8(2)15-7/h4-6H,1-3H3. The number of aryl methyl sites for hydroxylation is 2. The third-order valence-electron chi connectivity index (χ3n) is 2.72. The summed E-state index contributed by atoms with van der Waals surface area (Å²) in [6.07, 6.45) is 0. The van der Waals surface area contributed by atoms with E-state index in [9.17, 15) is 9.18 Å². The van der Waals surface area contributed by atoms with Crippen LogP contribution in [0.4, 0.5) is 4.39 Å². The van der Waals surface area contributed by atoms with Crippen LogP contribution in [-0.2, 0) is 4.74 Å². The molecule has 1 aromatic heterocycles. The van der Waals surface area contributed by atoms with Gasteiger partial charge in [0.25, 0.3) is 0 Å². The molecule has 0 spiro atoms. The number of nitrogens with zero attached hydrogens (tertiary/aromatic N) is 1. The number of fused-ring (bicyclic) bond motifs is 1. The summed E-state index contributed by atoms with van der Waals surface area (Å²) in [5.41, 5.74) is 1.46. The van der Waals surface area contributed by atoms with E-state index in [0.29, 0.717) is 27.7 Å². The predicted molar refractivity (Wildman–Crippen MR) is 62.5 cm³/mol. The van der Waals surface area contributed by atoms with E-state index in [-0.39, 0.29) is 5.82 Å². The first-order valence-corrected chi connectivity index (χ1v) is 5.19. The second-order valence-corrected chi connectivity index (χ2v) is 3.85. The first kappa shape index (κ1) is 11.5. The van der Waals surface area contributed by atoms with Gasteiger partial charge in [-0.2, -0.15) is 0 Å². The molecule has 1 heterocycles. The maximum absolute atomic E-state index is 13.8. The summed E-state index contributed by atoms with van der Waals surface area (Å²) in [4.78, 5) is 15.5. The lowest BCUT2D eigenvalue weighted by atomic mass is 10.0. The number of hydrogen-bond donors (Lipinski definition) is 0. The van der Waals surface area contributed by atoms with Gasteiger partial charge >= 0.3 is 5.97 Å². The number of hydrogen-bond acceptors (Lipinski definition) is 3. The highest BCUT2D eigenvalue weighted by Gasteiger charge is 2.12. The van der Waals surface area contributed by atoms with Crippen molar-refractivity contribution in [2.75, 3.05) is 7.11 Å². The van der Waals surface area contributed by atoms with Crippen molar-refractivity contribution in [2.24, 2.45) is 0 Å². The summed E-state index contributed by atoms with van der Waals surface area (Å²) >= 11 is 0. The van der Waals surface area contributed by atoms with Crippen molar-refractivity contribution >= 4 is 16.7 Å². The zero-order chi connectivity index (χ0) is 12.6. The predicted octanol–water partition coefficient (Wildman–Crippen LogP) is 2.78. The Balaban J connectivity index is 2.74. The van der Waals surface area contributed by atoms with Crippen LogP contribution >= 0.6 is 0 Å². The monoisotopic (exact) mass is 233 g/mol. The molecule has 0 aliphatic heterocycles. The molecule has 2 aromatic rings. The van der Waals surface area contributed by atoms with Crippen LogP contribution in [-0.4, -0.2) is 18.1 Å². The summed E-state index contributed by atoms with van der Waals surface area (Å²) in [6.45, 7) is 3.41. The second kappa shape index (κ2) is 4.13. The van der Waals surface area contributed by atoms with Gasteiger partial charge in [0.05, 0.1) is 18.4 Å². The summed E-state index contributed by atoms with van der Waals surface area (Å²) in [6, 6.07) is 4.74. The number of aromatic nitrogens is 1. The van der Waals surface area contributed by atoms with E-state index in [1.807, 2.05) is 0 Å². The Morgan fingerprint density at radius 3 is 2.59 bits per heavy atom. The van der Waals surface area contributed by atoms with E-state index < -0.39 is 5.97 Å². The lowest BCUT2D eigenvalue weighted by Crippen LogP contribution is -2.02. The minimum absolute atomic E-state index is 0.345. The fraction of sp³-hybridized carbons (Fsp3) is 0.231. The molecule has 0 N–H and O–H groups in total. The number of methoxy groups -OCH3 is 1. The van der Waals surface area contributed by atoms with Crippen LogP contribution in [0, 0.1) is 19.7 Å². The van der Waals surface area contributed by atoms with E-state index in [1.165, 1.54) is 7.11 Å². The molecule has 0 atom stereocenters. The smallest absolute Gasteiger partial charge is 0.337 e. The van der Waals surface area contributed by atoms with Gasteiger partial charge in [-0.1, -0.05) is 6.07 Å². The maximum atomic E-state index is 13.8. The molecule has 0 bridgehead atoms. The molecule has 2 rings (SSSR count). The third kappa shape index (κ3) is 1.86. The lowest BCUT2D eigenvalue weighted by molar-refractivity contribution is 0.0601. The Bertz CT molecular complexity index is 608. The lowest BCUT2D eigenvalue weighted by Gasteiger charge is -2.07. The minimum Gasteiger partial charge on any atom is -0.465 e. The van der Waals surface area contributed by atoms with E-state index in [0.717, 1.165) is 0 Å². The van der Waals surface area contributed by atoms with Crippen LogP contribution in [0.25, 0.3) is 10.8 Å². The SMILES string of the molecule is COC(=O)c1ccc2c(F)c(C)nc(C)c2c1. The third-order valence-corrected chi connectivity index (χ3v) is 2.72. The molecule has 0 radical (unpaired) electrons. The van der Waals surface area contributed by atoms with Gasteiger partial charge in [0.1, 0.15) is 0 Å². The molecular formula is C13H12FNO2. The van der Waals surface area contributed by atoms with E-state index in [2.05, 4.69) is 9.72 Å². The zero-order valence-corrected chi connectivity index (χ0v) is 9.87. The second-order valence-electron chi connectivity index (χ2n) is 3.85. The molecule has 0 amide bonds. The van der Waals surface area contributed by atoms with Gasteiger partial charge in [-0.15, -0.1) is 0 Å².